The first-order valence-electron chi connectivity index (χ1n) is 6.78. The van der Waals surface area contributed by atoms with Crippen molar-refractivity contribution in [3.05, 3.63) is 23.8 Å². The van der Waals surface area contributed by atoms with E-state index in [0.717, 1.165) is 18.4 Å². The van der Waals surface area contributed by atoms with Gasteiger partial charge in [0, 0.05) is 16.8 Å². The zero-order valence-corrected chi connectivity index (χ0v) is 12.4. The van der Waals surface area contributed by atoms with Gasteiger partial charge in [-0.25, -0.2) is 4.79 Å². The minimum Gasteiger partial charge on any atom is -0.508 e. The summed E-state index contributed by atoms with van der Waals surface area (Å²) in [4.78, 5) is 11.7. The summed E-state index contributed by atoms with van der Waals surface area (Å²) >= 11 is 0. The highest BCUT2D eigenvalue weighted by molar-refractivity contribution is 5.85. The number of ether oxygens (including phenoxy) is 1. The van der Waals surface area contributed by atoms with Crippen molar-refractivity contribution in [1.82, 2.24) is 5.32 Å². The Morgan fingerprint density at radius 3 is 2.50 bits per heavy atom. The summed E-state index contributed by atoms with van der Waals surface area (Å²) in [7, 11) is 1.88. The van der Waals surface area contributed by atoms with Gasteiger partial charge in [0.25, 0.3) is 0 Å². The Hall–Kier alpha value is -1.75. The topological polar surface area (TPSA) is 70.6 Å². The third-order valence-corrected chi connectivity index (χ3v) is 3.39. The van der Waals surface area contributed by atoms with E-state index in [0.29, 0.717) is 5.69 Å². The van der Waals surface area contributed by atoms with Crippen molar-refractivity contribution in [3.63, 3.8) is 0 Å². The van der Waals surface area contributed by atoms with Crippen LogP contribution in [0.15, 0.2) is 18.2 Å². The molecule has 110 valence electrons. The number of nitrogens with one attached hydrogen (secondary N) is 2. The van der Waals surface area contributed by atoms with Gasteiger partial charge < -0.3 is 15.2 Å². The number of hydrogen-bond acceptors (Lipinski definition) is 4. The summed E-state index contributed by atoms with van der Waals surface area (Å²) < 4.78 is 5.21. The molecular formula is C15H22N2O3. The van der Waals surface area contributed by atoms with Crippen molar-refractivity contribution in [1.29, 1.82) is 0 Å². The third kappa shape index (κ3) is 3.22. The first-order chi connectivity index (χ1) is 9.26. The number of anilines is 1. The number of phenols is 1. The minimum atomic E-state index is -0.535. The van der Waals surface area contributed by atoms with Crippen LogP contribution in [0.25, 0.3) is 0 Å². The van der Waals surface area contributed by atoms with Crippen molar-refractivity contribution in [2.24, 2.45) is 0 Å². The van der Waals surface area contributed by atoms with Crippen LogP contribution in [0.2, 0.25) is 0 Å². The Balaban J connectivity index is 2.14. The average Bonchev–Trinajstić information content (AvgIpc) is 3.10. The molecule has 3 N–H and O–H groups in total. The molecule has 1 saturated carbocycles. The normalized spacial score (nSPS) is 16.6. The molecule has 0 radical (unpaired) electrons. The summed E-state index contributed by atoms with van der Waals surface area (Å²) in [6.45, 7) is 5.44. The summed E-state index contributed by atoms with van der Waals surface area (Å²) in [6, 6.07) is 5.05. The van der Waals surface area contributed by atoms with Gasteiger partial charge in [-0.1, -0.05) is 0 Å². The van der Waals surface area contributed by atoms with Crippen LogP contribution >= 0.6 is 0 Å². The van der Waals surface area contributed by atoms with Gasteiger partial charge in [-0.15, -0.1) is 0 Å². The SMILES string of the molecule is CNC1(c2cc(NC(=O)OC(C)(C)C)ccc2O)CC1. The molecule has 1 aliphatic carbocycles. The lowest BCUT2D eigenvalue weighted by Crippen LogP contribution is -2.28. The first-order valence-corrected chi connectivity index (χ1v) is 6.78. The van der Waals surface area contributed by atoms with E-state index in [1.54, 1.807) is 18.2 Å². The maximum absolute atomic E-state index is 11.7. The van der Waals surface area contributed by atoms with Crippen molar-refractivity contribution >= 4 is 11.8 Å². The second kappa shape index (κ2) is 4.98. The van der Waals surface area contributed by atoms with Gasteiger partial charge in [0.2, 0.25) is 0 Å². The van der Waals surface area contributed by atoms with Gasteiger partial charge in [-0.3, -0.25) is 5.32 Å². The molecule has 0 aromatic heterocycles. The molecule has 1 fully saturated rings. The number of amides is 1. The van der Waals surface area contributed by atoms with Gasteiger partial charge >= 0.3 is 6.09 Å². The molecule has 0 unspecified atom stereocenters. The Morgan fingerprint density at radius 2 is 2.00 bits per heavy atom. The van der Waals surface area contributed by atoms with Crippen LogP contribution in [0.4, 0.5) is 10.5 Å². The molecule has 1 aliphatic rings. The molecule has 0 heterocycles. The monoisotopic (exact) mass is 278 g/mol. The van der Waals surface area contributed by atoms with Crippen molar-refractivity contribution < 1.29 is 14.6 Å². The molecule has 2 rings (SSSR count). The van der Waals surface area contributed by atoms with Crippen LogP contribution in [-0.4, -0.2) is 23.8 Å². The number of hydrogen-bond donors (Lipinski definition) is 3. The molecule has 1 amide bonds. The molecule has 5 heteroatoms. The van der Waals surface area contributed by atoms with Gasteiger partial charge in [-0.2, -0.15) is 0 Å². The highest BCUT2D eigenvalue weighted by Crippen LogP contribution is 2.48. The summed E-state index contributed by atoms with van der Waals surface area (Å²) in [5.74, 6) is 0.242. The van der Waals surface area contributed by atoms with Crippen LogP contribution in [-0.2, 0) is 10.3 Å². The van der Waals surface area contributed by atoms with Crippen molar-refractivity contribution in [2.45, 2.75) is 44.8 Å². The fourth-order valence-electron chi connectivity index (χ4n) is 2.20. The van der Waals surface area contributed by atoms with Crippen LogP contribution < -0.4 is 10.6 Å². The predicted molar refractivity (Wildman–Crippen MR) is 77.9 cm³/mol. The van der Waals surface area contributed by atoms with Crippen molar-refractivity contribution in [2.75, 3.05) is 12.4 Å². The van der Waals surface area contributed by atoms with E-state index in [1.165, 1.54) is 0 Å². The van der Waals surface area contributed by atoms with E-state index in [9.17, 15) is 9.90 Å². The molecule has 5 nitrogen and oxygen atoms in total. The summed E-state index contributed by atoms with van der Waals surface area (Å²) in [5, 5.41) is 15.9. The number of phenolic OH excluding ortho intramolecular Hbond substituents is 1. The summed E-state index contributed by atoms with van der Waals surface area (Å²) in [5.41, 5.74) is 0.740. The lowest BCUT2D eigenvalue weighted by Gasteiger charge is -2.21. The predicted octanol–water partition coefficient (Wildman–Crippen LogP) is 2.95. The molecule has 20 heavy (non-hydrogen) atoms. The number of carbonyl (C=O) groups excluding carboxylic acids is 1. The highest BCUT2D eigenvalue weighted by Gasteiger charge is 2.44. The van der Waals surface area contributed by atoms with Crippen LogP contribution in [0.5, 0.6) is 5.75 Å². The van der Waals surface area contributed by atoms with E-state index >= 15 is 0 Å². The van der Waals surface area contributed by atoms with Crippen LogP contribution in [0.1, 0.15) is 39.2 Å². The minimum absolute atomic E-state index is 0.157. The molecule has 0 spiro atoms. The quantitative estimate of drug-likeness (QED) is 0.743. The fraction of sp³-hybridized carbons (Fsp3) is 0.533. The Bertz CT molecular complexity index is 516. The molecule has 0 atom stereocenters. The molecule has 0 saturated heterocycles. The van der Waals surface area contributed by atoms with Crippen LogP contribution in [0, 0.1) is 0 Å². The fourth-order valence-corrected chi connectivity index (χ4v) is 2.20. The Labute approximate surface area is 119 Å². The Morgan fingerprint density at radius 1 is 1.35 bits per heavy atom. The number of carbonyl (C=O) groups is 1. The maximum Gasteiger partial charge on any atom is 0.412 e. The van der Waals surface area contributed by atoms with Gasteiger partial charge in [0.05, 0.1) is 0 Å². The van der Waals surface area contributed by atoms with E-state index in [2.05, 4.69) is 10.6 Å². The van der Waals surface area contributed by atoms with Gasteiger partial charge in [-0.05, 0) is 58.9 Å². The molecule has 1 aromatic carbocycles. The number of rotatable bonds is 3. The van der Waals surface area contributed by atoms with E-state index in [4.69, 9.17) is 4.74 Å². The van der Waals surface area contributed by atoms with E-state index in [1.807, 2.05) is 27.8 Å². The summed E-state index contributed by atoms with van der Waals surface area (Å²) in [6.07, 6.45) is 1.46. The van der Waals surface area contributed by atoms with E-state index in [-0.39, 0.29) is 11.3 Å². The van der Waals surface area contributed by atoms with Gasteiger partial charge in [0.1, 0.15) is 11.4 Å². The molecule has 0 bridgehead atoms. The molecular weight excluding hydrogens is 256 g/mol. The zero-order chi connectivity index (χ0) is 15.0. The number of aromatic hydroxyl groups is 1. The second-order valence-corrected chi connectivity index (χ2v) is 6.19. The second-order valence-electron chi connectivity index (χ2n) is 6.19. The zero-order valence-electron chi connectivity index (χ0n) is 12.4. The van der Waals surface area contributed by atoms with Crippen LogP contribution in [0.3, 0.4) is 0 Å². The number of benzene rings is 1. The lowest BCUT2D eigenvalue weighted by molar-refractivity contribution is 0.0636. The standard InChI is InChI=1S/C15H22N2O3/c1-14(2,3)20-13(19)17-10-5-6-12(18)11(9-10)15(16-4)7-8-15/h5-6,9,16,18H,7-8H2,1-4H3,(H,17,19). The highest BCUT2D eigenvalue weighted by atomic mass is 16.6. The third-order valence-electron chi connectivity index (χ3n) is 3.39. The largest absolute Gasteiger partial charge is 0.508 e. The molecule has 1 aromatic rings. The maximum atomic E-state index is 11.7. The molecule has 0 aliphatic heterocycles. The van der Waals surface area contributed by atoms with Crippen molar-refractivity contribution in [3.8, 4) is 5.75 Å². The average molecular weight is 278 g/mol. The lowest BCUT2D eigenvalue weighted by atomic mass is 10.0. The Kier molecular flexibility index (Phi) is 3.65. The smallest absolute Gasteiger partial charge is 0.412 e. The van der Waals surface area contributed by atoms with E-state index < -0.39 is 11.7 Å². The first kappa shape index (κ1) is 14.7. The van der Waals surface area contributed by atoms with Gasteiger partial charge in [0.15, 0.2) is 0 Å².